The molecule has 3 rings (SSSR count). The van der Waals surface area contributed by atoms with E-state index in [0.29, 0.717) is 5.92 Å². The van der Waals surface area contributed by atoms with E-state index in [-0.39, 0.29) is 0 Å². The molecule has 1 aliphatic heterocycles. The molecule has 0 radical (unpaired) electrons. The Kier molecular flexibility index (Phi) is 3.58. The Labute approximate surface area is 119 Å². The average Bonchev–Trinajstić information content (AvgIpc) is 2.47. The predicted molar refractivity (Wildman–Crippen MR) is 77.7 cm³/mol. The first-order valence-electron chi connectivity index (χ1n) is 7.06. The molecule has 20 heavy (non-hydrogen) atoms. The molecular weight excluding hydrogens is 250 g/mol. The van der Waals surface area contributed by atoms with Gasteiger partial charge in [0, 0.05) is 31.0 Å². The van der Waals surface area contributed by atoms with Crippen molar-refractivity contribution in [2.75, 3.05) is 18.0 Å². The molecule has 0 aliphatic carbocycles. The van der Waals surface area contributed by atoms with E-state index in [1.807, 2.05) is 20.0 Å². The van der Waals surface area contributed by atoms with E-state index in [1.165, 1.54) is 5.56 Å². The molecule has 2 aromatic rings. The highest BCUT2D eigenvalue weighted by Crippen LogP contribution is 2.29. The number of hydrogen-bond acceptors (Lipinski definition) is 5. The summed E-state index contributed by atoms with van der Waals surface area (Å²) in [6, 6.07) is 4.15. The van der Waals surface area contributed by atoms with E-state index in [2.05, 4.69) is 37.2 Å². The quantitative estimate of drug-likeness (QED) is 0.837. The molecule has 0 N–H and O–H groups in total. The van der Waals surface area contributed by atoms with E-state index in [4.69, 9.17) is 0 Å². The Hall–Kier alpha value is -2.04. The van der Waals surface area contributed by atoms with Gasteiger partial charge in [-0.15, -0.1) is 0 Å². The molecule has 3 heterocycles. The molecule has 2 aromatic heterocycles. The lowest BCUT2D eigenvalue weighted by Crippen LogP contribution is -2.33. The fourth-order valence-electron chi connectivity index (χ4n) is 2.84. The van der Waals surface area contributed by atoms with Crippen LogP contribution in [0.25, 0.3) is 0 Å². The smallest absolute Gasteiger partial charge is 0.132 e. The van der Waals surface area contributed by atoms with Gasteiger partial charge in [0.25, 0.3) is 0 Å². The van der Waals surface area contributed by atoms with Gasteiger partial charge in [-0.25, -0.2) is 9.97 Å². The number of piperidine rings is 1. The van der Waals surface area contributed by atoms with Crippen LogP contribution in [0.15, 0.2) is 24.5 Å². The minimum Gasteiger partial charge on any atom is -0.356 e. The number of nitrogens with zero attached hydrogens (tertiary/aromatic N) is 5. The summed E-state index contributed by atoms with van der Waals surface area (Å²) < 4.78 is 0. The molecule has 5 heteroatoms. The van der Waals surface area contributed by atoms with Crippen LogP contribution >= 0.6 is 0 Å². The Balaban J connectivity index is 1.69. The Morgan fingerprint density at radius 3 is 2.55 bits per heavy atom. The van der Waals surface area contributed by atoms with Gasteiger partial charge in [-0.05, 0) is 44.2 Å². The lowest BCUT2D eigenvalue weighted by atomic mass is 9.91. The van der Waals surface area contributed by atoms with Gasteiger partial charge in [-0.3, -0.25) is 0 Å². The van der Waals surface area contributed by atoms with Crippen LogP contribution in [0.5, 0.6) is 0 Å². The summed E-state index contributed by atoms with van der Waals surface area (Å²) in [5.74, 6) is 2.49. The molecule has 1 fully saturated rings. The molecule has 0 spiro atoms. The molecule has 0 unspecified atom stereocenters. The molecule has 0 amide bonds. The summed E-state index contributed by atoms with van der Waals surface area (Å²) in [6.45, 7) is 6.03. The fraction of sp³-hybridized carbons (Fsp3) is 0.467. The monoisotopic (exact) mass is 269 g/mol. The fourth-order valence-corrected chi connectivity index (χ4v) is 2.84. The molecule has 0 aromatic carbocycles. The third-order valence-corrected chi connectivity index (χ3v) is 3.85. The SMILES string of the molecule is Cc1cc(N2CCC(c3ccnnc3)CC2)nc(C)n1. The molecule has 0 atom stereocenters. The number of hydrogen-bond donors (Lipinski definition) is 0. The maximum absolute atomic E-state index is 4.55. The summed E-state index contributed by atoms with van der Waals surface area (Å²) in [5, 5.41) is 7.82. The first-order chi connectivity index (χ1) is 9.72. The predicted octanol–water partition coefficient (Wildman–Crippen LogP) is 2.27. The van der Waals surface area contributed by atoms with Crippen molar-refractivity contribution in [2.24, 2.45) is 0 Å². The third-order valence-electron chi connectivity index (χ3n) is 3.85. The molecule has 1 aliphatic rings. The van der Waals surface area contributed by atoms with Gasteiger partial charge in [0.05, 0.1) is 6.20 Å². The van der Waals surface area contributed by atoms with Crippen LogP contribution in [0.1, 0.15) is 35.8 Å². The minimum absolute atomic E-state index is 0.589. The lowest BCUT2D eigenvalue weighted by molar-refractivity contribution is 0.500. The highest BCUT2D eigenvalue weighted by molar-refractivity contribution is 5.40. The number of aromatic nitrogens is 4. The highest BCUT2D eigenvalue weighted by Gasteiger charge is 2.22. The van der Waals surface area contributed by atoms with Crippen molar-refractivity contribution in [1.29, 1.82) is 0 Å². The molecular formula is C15H19N5. The summed E-state index contributed by atoms with van der Waals surface area (Å²) in [6.07, 6.45) is 5.93. The van der Waals surface area contributed by atoms with Crippen molar-refractivity contribution in [2.45, 2.75) is 32.6 Å². The van der Waals surface area contributed by atoms with Gasteiger partial charge >= 0.3 is 0 Å². The summed E-state index contributed by atoms with van der Waals surface area (Å²) in [4.78, 5) is 11.2. The van der Waals surface area contributed by atoms with Gasteiger partial charge in [-0.2, -0.15) is 10.2 Å². The lowest BCUT2D eigenvalue weighted by Gasteiger charge is -2.33. The van der Waals surface area contributed by atoms with Crippen LogP contribution < -0.4 is 4.90 Å². The standard InChI is InChI=1S/C15H19N5/c1-11-9-15(19-12(2)18-11)20-7-4-13(5-8-20)14-3-6-16-17-10-14/h3,6,9-10,13H,4-5,7-8H2,1-2H3. The molecule has 104 valence electrons. The van der Waals surface area contributed by atoms with E-state index in [9.17, 15) is 0 Å². The zero-order valence-electron chi connectivity index (χ0n) is 12.0. The van der Waals surface area contributed by atoms with Crippen molar-refractivity contribution < 1.29 is 0 Å². The van der Waals surface area contributed by atoms with Crippen LogP contribution in [0.3, 0.4) is 0 Å². The zero-order chi connectivity index (χ0) is 13.9. The second kappa shape index (κ2) is 5.53. The molecule has 0 bridgehead atoms. The van der Waals surface area contributed by atoms with Crippen molar-refractivity contribution >= 4 is 5.82 Å². The number of rotatable bonds is 2. The van der Waals surface area contributed by atoms with Gasteiger partial charge in [-0.1, -0.05) is 0 Å². The Bertz CT molecular complexity index is 556. The maximum atomic E-state index is 4.55. The van der Waals surface area contributed by atoms with E-state index < -0.39 is 0 Å². The van der Waals surface area contributed by atoms with E-state index >= 15 is 0 Å². The first-order valence-corrected chi connectivity index (χ1v) is 7.06. The summed E-state index contributed by atoms with van der Waals surface area (Å²) in [7, 11) is 0. The van der Waals surface area contributed by atoms with Crippen LogP contribution in [0.2, 0.25) is 0 Å². The van der Waals surface area contributed by atoms with Gasteiger partial charge in [0.2, 0.25) is 0 Å². The van der Waals surface area contributed by atoms with Crippen molar-refractivity contribution in [3.05, 3.63) is 41.6 Å². The summed E-state index contributed by atoms with van der Waals surface area (Å²) in [5.41, 5.74) is 2.34. The van der Waals surface area contributed by atoms with Gasteiger partial charge < -0.3 is 4.90 Å². The normalized spacial score (nSPS) is 16.4. The van der Waals surface area contributed by atoms with Crippen molar-refractivity contribution in [3.63, 3.8) is 0 Å². The number of anilines is 1. The van der Waals surface area contributed by atoms with Gasteiger partial charge in [0.15, 0.2) is 0 Å². The van der Waals surface area contributed by atoms with Crippen molar-refractivity contribution in [3.8, 4) is 0 Å². The molecule has 5 nitrogen and oxygen atoms in total. The molecule has 1 saturated heterocycles. The zero-order valence-corrected chi connectivity index (χ0v) is 12.0. The minimum atomic E-state index is 0.589. The highest BCUT2D eigenvalue weighted by atomic mass is 15.2. The maximum Gasteiger partial charge on any atom is 0.132 e. The Morgan fingerprint density at radius 1 is 1.10 bits per heavy atom. The van der Waals surface area contributed by atoms with Crippen molar-refractivity contribution in [1.82, 2.24) is 20.2 Å². The molecule has 0 saturated carbocycles. The average molecular weight is 269 g/mol. The van der Waals surface area contributed by atoms with E-state index in [0.717, 1.165) is 43.3 Å². The summed E-state index contributed by atoms with van der Waals surface area (Å²) >= 11 is 0. The largest absolute Gasteiger partial charge is 0.356 e. The van der Waals surface area contributed by atoms with Crippen LogP contribution in [0.4, 0.5) is 5.82 Å². The van der Waals surface area contributed by atoms with Crippen LogP contribution in [-0.4, -0.2) is 33.3 Å². The third kappa shape index (κ3) is 2.76. The first kappa shape index (κ1) is 13.0. The Morgan fingerprint density at radius 2 is 1.90 bits per heavy atom. The van der Waals surface area contributed by atoms with Crippen LogP contribution in [0, 0.1) is 13.8 Å². The second-order valence-corrected chi connectivity index (χ2v) is 5.35. The second-order valence-electron chi connectivity index (χ2n) is 5.35. The van der Waals surface area contributed by atoms with E-state index in [1.54, 1.807) is 6.20 Å². The van der Waals surface area contributed by atoms with Gasteiger partial charge in [0.1, 0.15) is 11.6 Å². The topological polar surface area (TPSA) is 54.8 Å². The number of aryl methyl sites for hydroxylation is 2. The van der Waals surface area contributed by atoms with Crippen LogP contribution in [-0.2, 0) is 0 Å².